The molecule has 1 heterocycles. The summed E-state index contributed by atoms with van der Waals surface area (Å²) in [6, 6.07) is 10.4. The van der Waals surface area contributed by atoms with Crippen molar-refractivity contribution in [3.8, 4) is 0 Å². The summed E-state index contributed by atoms with van der Waals surface area (Å²) < 4.78 is 0. The van der Waals surface area contributed by atoms with Crippen LogP contribution < -0.4 is 11.3 Å². The Balaban J connectivity index is 2.14. The molecule has 3 N–H and O–H groups in total. The highest BCUT2D eigenvalue weighted by atomic mass is 32.2. The first kappa shape index (κ1) is 14.8. The number of hydrogen-bond donors (Lipinski definition) is 2. The summed E-state index contributed by atoms with van der Waals surface area (Å²) in [6.45, 7) is 6.25. The second kappa shape index (κ2) is 6.72. The van der Waals surface area contributed by atoms with Gasteiger partial charge in [-0.05, 0) is 12.5 Å². The Morgan fingerprint density at radius 3 is 2.70 bits per heavy atom. The predicted molar refractivity (Wildman–Crippen MR) is 84.7 cm³/mol. The highest BCUT2D eigenvalue weighted by Crippen LogP contribution is 2.24. The van der Waals surface area contributed by atoms with Crippen LogP contribution in [0.1, 0.15) is 36.7 Å². The molecule has 0 aliphatic rings. The Kier molecular flexibility index (Phi) is 4.98. The molecule has 4 nitrogen and oxygen atoms in total. The largest absolute Gasteiger partial charge is 0.308 e. The minimum Gasteiger partial charge on any atom is -0.308 e. The first-order valence-corrected chi connectivity index (χ1v) is 7.61. The fraction of sp³-hybridized carbons (Fsp3) is 0.333. The van der Waals surface area contributed by atoms with Crippen LogP contribution in [0.25, 0.3) is 0 Å². The lowest BCUT2D eigenvalue weighted by molar-refractivity contribution is 0.754. The number of hydrazine groups is 1. The fourth-order valence-corrected chi connectivity index (χ4v) is 2.66. The highest BCUT2D eigenvalue weighted by molar-refractivity contribution is 7.98. The molecule has 20 heavy (non-hydrogen) atoms. The van der Waals surface area contributed by atoms with Gasteiger partial charge in [0.25, 0.3) is 0 Å². The van der Waals surface area contributed by atoms with Crippen molar-refractivity contribution in [2.45, 2.75) is 37.5 Å². The van der Waals surface area contributed by atoms with Crippen molar-refractivity contribution in [3.63, 3.8) is 0 Å². The van der Waals surface area contributed by atoms with Crippen LogP contribution in [0, 0.1) is 6.92 Å². The van der Waals surface area contributed by atoms with Crippen LogP contribution in [0.2, 0.25) is 0 Å². The topological polar surface area (TPSA) is 63.8 Å². The lowest BCUT2D eigenvalue weighted by atomic mass is 10.2. The van der Waals surface area contributed by atoms with Crippen molar-refractivity contribution >= 4 is 17.6 Å². The van der Waals surface area contributed by atoms with Gasteiger partial charge in [-0.3, -0.25) is 0 Å². The normalized spacial score (nSPS) is 10.8. The van der Waals surface area contributed by atoms with Crippen molar-refractivity contribution < 1.29 is 0 Å². The summed E-state index contributed by atoms with van der Waals surface area (Å²) in [4.78, 5) is 8.93. The molecule has 0 aliphatic carbocycles. The van der Waals surface area contributed by atoms with Crippen molar-refractivity contribution in [1.29, 1.82) is 0 Å². The molecule has 0 amide bonds. The first-order valence-electron chi connectivity index (χ1n) is 6.62. The molecule has 0 atom stereocenters. The number of nitrogens with zero attached hydrogens (tertiary/aromatic N) is 2. The molecule has 1 aromatic carbocycles. The number of aromatic nitrogens is 2. The second-order valence-electron chi connectivity index (χ2n) is 5.03. The standard InChI is InChI=1S/C15H20N4S/c1-10(2)15-17-13(19-16)8-14(18-15)20-9-12-6-4-5-11(3)7-12/h4-8,10H,9,16H2,1-3H3,(H,17,18,19). The molecule has 0 aliphatic heterocycles. The van der Waals surface area contributed by atoms with Crippen LogP contribution in [0.5, 0.6) is 0 Å². The zero-order valence-electron chi connectivity index (χ0n) is 12.1. The molecule has 0 spiro atoms. The number of aryl methyl sites for hydroxylation is 1. The van der Waals surface area contributed by atoms with Crippen LogP contribution in [0.3, 0.4) is 0 Å². The Morgan fingerprint density at radius 1 is 1.25 bits per heavy atom. The van der Waals surface area contributed by atoms with Gasteiger partial charge in [-0.15, -0.1) is 11.8 Å². The number of thioether (sulfide) groups is 1. The molecule has 0 saturated carbocycles. The third-order valence-corrected chi connectivity index (χ3v) is 3.84. The molecule has 0 radical (unpaired) electrons. The molecule has 106 valence electrons. The van der Waals surface area contributed by atoms with Crippen molar-refractivity contribution in [3.05, 3.63) is 47.3 Å². The average molecular weight is 288 g/mol. The van der Waals surface area contributed by atoms with Crippen LogP contribution in [0.15, 0.2) is 35.4 Å². The van der Waals surface area contributed by atoms with Crippen LogP contribution in [0.4, 0.5) is 5.82 Å². The van der Waals surface area contributed by atoms with Gasteiger partial charge in [-0.1, -0.05) is 43.7 Å². The van der Waals surface area contributed by atoms with E-state index in [0.717, 1.165) is 16.6 Å². The molecule has 0 fully saturated rings. The molecule has 0 bridgehead atoms. The van der Waals surface area contributed by atoms with Gasteiger partial charge in [0, 0.05) is 17.7 Å². The fourth-order valence-electron chi connectivity index (χ4n) is 1.81. The quantitative estimate of drug-likeness (QED) is 0.382. The van der Waals surface area contributed by atoms with Crippen molar-refractivity contribution in [2.24, 2.45) is 5.84 Å². The molecule has 1 aromatic heterocycles. The number of rotatable bonds is 5. The van der Waals surface area contributed by atoms with Crippen molar-refractivity contribution in [2.75, 3.05) is 5.43 Å². The first-order chi connectivity index (χ1) is 9.58. The van der Waals surface area contributed by atoms with Crippen LogP contribution in [-0.4, -0.2) is 9.97 Å². The van der Waals surface area contributed by atoms with Gasteiger partial charge in [-0.2, -0.15) is 0 Å². The zero-order chi connectivity index (χ0) is 14.5. The number of nitrogens with one attached hydrogen (secondary N) is 1. The van der Waals surface area contributed by atoms with E-state index in [-0.39, 0.29) is 5.92 Å². The molecular weight excluding hydrogens is 268 g/mol. The molecule has 0 saturated heterocycles. The number of anilines is 1. The van der Waals surface area contributed by atoms with E-state index >= 15 is 0 Å². The Labute approximate surface area is 124 Å². The van der Waals surface area contributed by atoms with Gasteiger partial charge in [-0.25, -0.2) is 15.8 Å². The van der Waals surface area contributed by atoms with Gasteiger partial charge >= 0.3 is 0 Å². The van der Waals surface area contributed by atoms with Gasteiger partial charge in [0.1, 0.15) is 16.7 Å². The van der Waals surface area contributed by atoms with Crippen molar-refractivity contribution in [1.82, 2.24) is 9.97 Å². The minimum absolute atomic E-state index is 0.279. The summed E-state index contributed by atoms with van der Waals surface area (Å²) in [5.74, 6) is 8.11. The summed E-state index contributed by atoms with van der Waals surface area (Å²) in [5, 5.41) is 0.943. The lowest BCUT2D eigenvalue weighted by Gasteiger charge is -2.09. The third-order valence-electron chi connectivity index (χ3n) is 2.85. The average Bonchev–Trinajstić information content (AvgIpc) is 2.45. The van der Waals surface area contributed by atoms with Gasteiger partial charge in [0.05, 0.1) is 0 Å². The van der Waals surface area contributed by atoms with E-state index in [9.17, 15) is 0 Å². The van der Waals surface area contributed by atoms with Crippen LogP contribution >= 0.6 is 11.8 Å². The highest BCUT2D eigenvalue weighted by Gasteiger charge is 2.08. The van der Waals surface area contributed by atoms with E-state index in [2.05, 4.69) is 60.4 Å². The molecule has 2 rings (SSSR count). The van der Waals surface area contributed by atoms with E-state index in [1.54, 1.807) is 11.8 Å². The van der Waals surface area contributed by atoms with Gasteiger partial charge in [0.15, 0.2) is 0 Å². The number of hydrogen-bond acceptors (Lipinski definition) is 5. The molecule has 0 unspecified atom stereocenters. The van der Waals surface area contributed by atoms with Gasteiger partial charge in [0.2, 0.25) is 0 Å². The molecule has 5 heteroatoms. The maximum absolute atomic E-state index is 5.47. The summed E-state index contributed by atoms with van der Waals surface area (Å²) >= 11 is 1.70. The number of nitrogens with two attached hydrogens (primary N) is 1. The van der Waals surface area contributed by atoms with E-state index in [0.29, 0.717) is 5.82 Å². The maximum atomic E-state index is 5.47. The predicted octanol–water partition coefficient (Wildman–Crippen LogP) is 3.49. The summed E-state index contributed by atoms with van der Waals surface area (Å²) in [7, 11) is 0. The molecule has 2 aromatic rings. The Morgan fingerprint density at radius 2 is 2.05 bits per heavy atom. The second-order valence-corrected chi connectivity index (χ2v) is 6.02. The lowest BCUT2D eigenvalue weighted by Crippen LogP contribution is -2.11. The molecular formula is C15H20N4S. The van der Waals surface area contributed by atoms with E-state index in [4.69, 9.17) is 5.84 Å². The SMILES string of the molecule is Cc1cccc(CSc2cc(NN)nc(C(C)C)n2)c1. The minimum atomic E-state index is 0.279. The number of nitrogen functional groups attached to an aromatic ring is 1. The third kappa shape index (κ3) is 3.95. The van der Waals surface area contributed by atoms with Crippen LogP contribution in [-0.2, 0) is 5.75 Å². The monoisotopic (exact) mass is 288 g/mol. The summed E-state index contributed by atoms with van der Waals surface area (Å²) in [6.07, 6.45) is 0. The van der Waals surface area contributed by atoms with E-state index in [1.807, 2.05) is 6.07 Å². The van der Waals surface area contributed by atoms with E-state index in [1.165, 1.54) is 11.1 Å². The Hall–Kier alpha value is -1.59. The van der Waals surface area contributed by atoms with Gasteiger partial charge < -0.3 is 5.43 Å². The number of benzene rings is 1. The zero-order valence-corrected chi connectivity index (χ0v) is 12.9. The van der Waals surface area contributed by atoms with E-state index < -0.39 is 0 Å². The smallest absolute Gasteiger partial charge is 0.144 e. The maximum Gasteiger partial charge on any atom is 0.144 e. The summed E-state index contributed by atoms with van der Waals surface area (Å²) in [5.41, 5.74) is 5.17. The Bertz CT molecular complexity index is 584.